The van der Waals surface area contributed by atoms with E-state index in [1.54, 1.807) is 0 Å². The maximum Gasteiger partial charge on any atom is 0.0611 e. The van der Waals surface area contributed by atoms with Gasteiger partial charge in [0.15, 0.2) is 0 Å². The van der Waals surface area contributed by atoms with E-state index in [1.165, 1.54) is 61.6 Å². The molecule has 1 aliphatic rings. The number of unbranched alkanes of at least 4 members (excludes halogenated alkanes) is 5. The smallest absolute Gasteiger partial charge is 0.0611 e. The summed E-state index contributed by atoms with van der Waals surface area (Å²) >= 11 is 0. The molecule has 2 heteroatoms. The largest absolute Gasteiger partial charge is 0.394 e. The molecule has 2 rings (SSSR count). The fourth-order valence-corrected chi connectivity index (χ4v) is 3.77. The van der Waals surface area contributed by atoms with E-state index in [9.17, 15) is 5.11 Å². The van der Waals surface area contributed by atoms with Crippen LogP contribution in [0.1, 0.15) is 75.5 Å². The minimum atomic E-state index is -0.450. The molecule has 1 aromatic rings. The van der Waals surface area contributed by atoms with Gasteiger partial charge in [0.1, 0.15) is 0 Å². The van der Waals surface area contributed by atoms with Crippen molar-refractivity contribution in [2.75, 3.05) is 6.61 Å². The molecule has 1 aromatic carbocycles. The fourth-order valence-electron chi connectivity index (χ4n) is 3.77. The van der Waals surface area contributed by atoms with Crippen LogP contribution in [0.2, 0.25) is 0 Å². The number of nitrogens with two attached hydrogens (primary N) is 1. The molecular formula is C21H35NO. The van der Waals surface area contributed by atoms with E-state index in [-0.39, 0.29) is 6.61 Å². The second kappa shape index (κ2) is 8.84. The monoisotopic (exact) mass is 317 g/mol. The first-order chi connectivity index (χ1) is 11.1. The lowest BCUT2D eigenvalue weighted by atomic mass is 9.74. The molecule has 0 radical (unpaired) electrons. The summed E-state index contributed by atoms with van der Waals surface area (Å²) in [7, 11) is 0. The van der Waals surface area contributed by atoms with Crippen LogP contribution in [0.3, 0.4) is 0 Å². The summed E-state index contributed by atoms with van der Waals surface area (Å²) in [6.45, 7) is 4.32. The van der Waals surface area contributed by atoms with Gasteiger partial charge in [-0.05, 0) is 61.6 Å². The van der Waals surface area contributed by atoms with Crippen molar-refractivity contribution in [3.8, 4) is 0 Å². The molecule has 3 N–H and O–H groups in total. The standard InChI is InChI=1S/C21H35NO/c1-3-4-5-6-7-8-9-17-10-11-19-15-20(21(2,22)16-23)13-12-18(19)14-17/h10-11,14,20,23H,3-9,12-13,15-16,22H2,1-2H3/t20?,21-/m1/s1. The van der Waals surface area contributed by atoms with Gasteiger partial charge in [0.2, 0.25) is 0 Å². The van der Waals surface area contributed by atoms with Gasteiger partial charge in [-0.15, -0.1) is 0 Å². The maximum atomic E-state index is 9.49. The molecule has 0 aromatic heterocycles. The zero-order valence-corrected chi connectivity index (χ0v) is 15.1. The molecular weight excluding hydrogens is 282 g/mol. The predicted octanol–water partition coefficient (Wildman–Crippen LogP) is 4.40. The minimum Gasteiger partial charge on any atom is -0.394 e. The number of rotatable bonds is 9. The summed E-state index contributed by atoms with van der Waals surface area (Å²) in [4.78, 5) is 0. The number of fused-ring (bicyclic) bond motifs is 1. The number of benzene rings is 1. The van der Waals surface area contributed by atoms with Crippen LogP contribution in [0.25, 0.3) is 0 Å². The first-order valence-corrected chi connectivity index (χ1v) is 9.57. The van der Waals surface area contributed by atoms with E-state index >= 15 is 0 Å². The number of hydrogen-bond donors (Lipinski definition) is 2. The van der Waals surface area contributed by atoms with Gasteiger partial charge in [-0.3, -0.25) is 0 Å². The number of aliphatic hydroxyl groups excluding tert-OH is 1. The van der Waals surface area contributed by atoms with E-state index in [4.69, 9.17) is 5.73 Å². The van der Waals surface area contributed by atoms with Crippen molar-refractivity contribution >= 4 is 0 Å². The highest BCUT2D eigenvalue weighted by Gasteiger charge is 2.32. The van der Waals surface area contributed by atoms with Gasteiger partial charge in [-0.25, -0.2) is 0 Å². The van der Waals surface area contributed by atoms with Crippen LogP contribution >= 0.6 is 0 Å². The Bertz CT molecular complexity index is 481. The van der Waals surface area contributed by atoms with E-state index < -0.39 is 5.54 Å². The Kier molecular flexibility index (Phi) is 7.10. The van der Waals surface area contributed by atoms with Crippen molar-refractivity contribution in [3.05, 3.63) is 34.9 Å². The Morgan fingerprint density at radius 3 is 2.61 bits per heavy atom. The van der Waals surface area contributed by atoms with Gasteiger partial charge in [-0.1, -0.05) is 57.2 Å². The summed E-state index contributed by atoms with van der Waals surface area (Å²) in [6.07, 6.45) is 12.6. The highest BCUT2D eigenvalue weighted by molar-refractivity contribution is 5.35. The number of aryl methyl sites for hydroxylation is 2. The van der Waals surface area contributed by atoms with Crippen molar-refractivity contribution in [1.82, 2.24) is 0 Å². The molecule has 1 aliphatic carbocycles. The van der Waals surface area contributed by atoms with Crippen molar-refractivity contribution in [3.63, 3.8) is 0 Å². The summed E-state index contributed by atoms with van der Waals surface area (Å²) in [5.74, 6) is 0.393. The van der Waals surface area contributed by atoms with Crippen LogP contribution in [0.4, 0.5) is 0 Å². The Morgan fingerprint density at radius 2 is 1.87 bits per heavy atom. The molecule has 0 bridgehead atoms. The number of aliphatic hydroxyl groups is 1. The SMILES string of the molecule is CCCCCCCCc1ccc2c(c1)CCC([C@](C)(N)CO)C2. The van der Waals surface area contributed by atoms with Gasteiger partial charge in [0, 0.05) is 5.54 Å². The van der Waals surface area contributed by atoms with Crippen molar-refractivity contribution in [1.29, 1.82) is 0 Å². The van der Waals surface area contributed by atoms with Gasteiger partial charge < -0.3 is 10.8 Å². The summed E-state index contributed by atoms with van der Waals surface area (Å²) in [6, 6.07) is 7.03. The topological polar surface area (TPSA) is 46.2 Å². The molecule has 130 valence electrons. The molecule has 0 aliphatic heterocycles. The quantitative estimate of drug-likeness (QED) is 0.663. The first kappa shape index (κ1) is 18.5. The molecule has 0 saturated carbocycles. The third-order valence-electron chi connectivity index (χ3n) is 5.59. The lowest BCUT2D eigenvalue weighted by Gasteiger charge is -2.36. The highest BCUT2D eigenvalue weighted by atomic mass is 16.3. The van der Waals surface area contributed by atoms with Crippen LogP contribution < -0.4 is 5.73 Å². The second-order valence-electron chi connectivity index (χ2n) is 7.72. The van der Waals surface area contributed by atoms with Gasteiger partial charge in [0.05, 0.1) is 6.61 Å². The maximum absolute atomic E-state index is 9.49. The summed E-state index contributed by atoms with van der Waals surface area (Å²) in [5.41, 5.74) is 10.2. The number of hydrogen-bond acceptors (Lipinski definition) is 2. The van der Waals surface area contributed by atoms with E-state index in [0.29, 0.717) is 5.92 Å². The molecule has 0 heterocycles. The van der Waals surface area contributed by atoms with Crippen LogP contribution in [0.15, 0.2) is 18.2 Å². The third kappa shape index (κ3) is 5.32. The predicted molar refractivity (Wildman–Crippen MR) is 98.7 cm³/mol. The molecule has 0 fully saturated rings. The van der Waals surface area contributed by atoms with Gasteiger partial charge >= 0.3 is 0 Å². The molecule has 2 nitrogen and oxygen atoms in total. The fraction of sp³-hybridized carbons (Fsp3) is 0.714. The van der Waals surface area contributed by atoms with Gasteiger partial charge in [-0.2, -0.15) is 0 Å². The molecule has 0 spiro atoms. The molecule has 1 unspecified atom stereocenters. The van der Waals surface area contributed by atoms with E-state index in [2.05, 4.69) is 25.1 Å². The third-order valence-corrected chi connectivity index (χ3v) is 5.59. The van der Waals surface area contributed by atoms with Crippen molar-refractivity contribution in [2.24, 2.45) is 11.7 Å². The van der Waals surface area contributed by atoms with Crippen LogP contribution in [-0.4, -0.2) is 17.3 Å². The van der Waals surface area contributed by atoms with Crippen LogP contribution in [-0.2, 0) is 19.3 Å². The molecule has 23 heavy (non-hydrogen) atoms. The Morgan fingerprint density at radius 1 is 1.13 bits per heavy atom. The first-order valence-electron chi connectivity index (χ1n) is 9.57. The average molecular weight is 318 g/mol. The van der Waals surface area contributed by atoms with Crippen LogP contribution in [0, 0.1) is 5.92 Å². The minimum absolute atomic E-state index is 0.0725. The van der Waals surface area contributed by atoms with E-state index in [1.807, 2.05) is 6.92 Å². The molecule has 0 saturated heterocycles. The Labute approximate surface area is 142 Å². The normalized spacial score (nSPS) is 20.1. The van der Waals surface area contributed by atoms with Crippen molar-refractivity contribution in [2.45, 2.75) is 83.6 Å². The van der Waals surface area contributed by atoms with Crippen LogP contribution in [0.5, 0.6) is 0 Å². The molecule has 2 atom stereocenters. The van der Waals surface area contributed by atoms with Gasteiger partial charge in [0.25, 0.3) is 0 Å². The highest BCUT2D eigenvalue weighted by Crippen LogP contribution is 2.32. The average Bonchev–Trinajstić information content (AvgIpc) is 2.57. The zero-order chi connectivity index (χ0) is 16.7. The van der Waals surface area contributed by atoms with E-state index in [0.717, 1.165) is 19.3 Å². The lowest BCUT2D eigenvalue weighted by Crippen LogP contribution is -2.49. The molecule has 0 amide bonds. The zero-order valence-electron chi connectivity index (χ0n) is 15.1. The summed E-state index contributed by atoms with van der Waals surface area (Å²) in [5, 5.41) is 9.49. The summed E-state index contributed by atoms with van der Waals surface area (Å²) < 4.78 is 0. The Balaban J connectivity index is 1.84. The van der Waals surface area contributed by atoms with Crippen molar-refractivity contribution < 1.29 is 5.11 Å². The lowest BCUT2D eigenvalue weighted by molar-refractivity contribution is 0.144. The Hall–Kier alpha value is -0.860. The second-order valence-corrected chi connectivity index (χ2v) is 7.72.